The van der Waals surface area contributed by atoms with Gasteiger partial charge in [0.2, 0.25) is 5.95 Å². The molecule has 1 aromatic heterocycles. The Bertz CT molecular complexity index is 970. The normalized spacial score (nSPS) is 10.2. The van der Waals surface area contributed by atoms with E-state index in [1.807, 2.05) is 24.3 Å². The highest BCUT2D eigenvalue weighted by Gasteiger charge is 2.10. The summed E-state index contributed by atoms with van der Waals surface area (Å²) in [6, 6.07) is 14.5. The number of amides is 1. The molecule has 0 atom stereocenters. The molecule has 0 saturated heterocycles. The van der Waals surface area contributed by atoms with Crippen LogP contribution in [0, 0.1) is 0 Å². The Kier molecular flexibility index (Phi) is 5.96. The fraction of sp³-hybridized carbons (Fsp3) is 0.143. The summed E-state index contributed by atoms with van der Waals surface area (Å²) in [7, 11) is 1.30. The summed E-state index contributed by atoms with van der Waals surface area (Å²) in [5.41, 5.74) is 3.25. The van der Waals surface area contributed by atoms with Gasteiger partial charge in [0, 0.05) is 23.8 Å². The van der Waals surface area contributed by atoms with Crippen molar-refractivity contribution in [3.8, 4) is 0 Å². The monoisotopic (exact) mass is 376 g/mol. The molecule has 142 valence electrons. The SMILES string of the molecule is CCc1ccc(Nc2ncc(C(=O)Nc3cccc(C(=O)OC)c3)cn2)cc1. The summed E-state index contributed by atoms with van der Waals surface area (Å²) in [5.74, 6) is -0.448. The van der Waals surface area contributed by atoms with Crippen molar-refractivity contribution in [1.29, 1.82) is 0 Å². The average molecular weight is 376 g/mol. The highest BCUT2D eigenvalue weighted by atomic mass is 16.5. The first-order chi connectivity index (χ1) is 13.6. The molecule has 0 fully saturated rings. The highest BCUT2D eigenvalue weighted by Crippen LogP contribution is 2.15. The molecule has 2 aromatic carbocycles. The zero-order valence-electron chi connectivity index (χ0n) is 15.6. The molecule has 0 aliphatic rings. The maximum absolute atomic E-state index is 12.4. The summed E-state index contributed by atoms with van der Waals surface area (Å²) < 4.78 is 4.68. The van der Waals surface area contributed by atoms with Crippen LogP contribution in [-0.4, -0.2) is 29.0 Å². The number of carbonyl (C=O) groups is 2. The number of hydrogen-bond donors (Lipinski definition) is 2. The third-order valence-corrected chi connectivity index (χ3v) is 4.07. The number of hydrogen-bond acceptors (Lipinski definition) is 6. The molecule has 0 aliphatic heterocycles. The van der Waals surface area contributed by atoms with Crippen LogP contribution in [0.25, 0.3) is 0 Å². The van der Waals surface area contributed by atoms with Gasteiger partial charge in [-0.3, -0.25) is 4.79 Å². The van der Waals surface area contributed by atoms with Gasteiger partial charge in [-0.1, -0.05) is 25.1 Å². The molecule has 28 heavy (non-hydrogen) atoms. The maximum atomic E-state index is 12.4. The first kappa shape index (κ1) is 19.0. The Morgan fingerprint density at radius 3 is 2.32 bits per heavy atom. The van der Waals surface area contributed by atoms with Crippen LogP contribution in [0.2, 0.25) is 0 Å². The number of benzene rings is 2. The minimum absolute atomic E-state index is 0.301. The molecule has 3 rings (SSSR count). The number of nitrogens with zero attached hydrogens (tertiary/aromatic N) is 2. The lowest BCUT2D eigenvalue weighted by Crippen LogP contribution is -2.13. The van der Waals surface area contributed by atoms with Gasteiger partial charge in [-0.05, 0) is 42.3 Å². The Balaban J connectivity index is 1.65. The van der Waals surface area contributed by atoms with Crippen LogP contribution in [0.4, 0.5) is 17.3 Å². The van der Waals surface area contributed by atoms with Crippen LogP contribution in [0.1, 0.15) is 33.2 Å². The topological polar surface area (TPSA) is 93.2 Å². The van der Waals surface area contributed by atoms with Gasteiger partial charge in [-0.15, -0.1) is 0 Å². The van der Waals surface area contributed by atoms with Crippen molar-refractivity contribution in [2.24, 2.45) is 0 Å². The number of methoxy groups -OCH3 is 1. The number of nitrogens with one attached hydrogen (secondary N) is 2. The van der Waals surface area contributed by atoms with Crippen molar-refractivity contribution in [3.05, 3.63) is 77.6 Å². The van der Waals surface area contributed by atoms with E-state index in [1.165, 1.54) is 25.1 Å². The Morgan fingerprint density at radius 2 is 1.68 bits per heavy atom. The molecule has 7 nitrogen and oxygen atoms in total. The van der Waals surface area contributed by atoms with E-state index in [9.17, 15) is 9.59 Å². The first-order valence-electron chi connectivity index (χ1n) is 8.76. The zero-order chi connectivity index (χ0) is 19.9. The summed E-state index contributed by atoms with van der Waals surface area (Å²) in [6.07, 6.45) is 3.85. The van der Waals surface area contributed by atoms with Gasteiger partial charge in [0.25, 0.3) is 5.91 Å². The number of ether oxygens (including phenoxy) is 1. The fourth-order valence-corrected chi connectivity index (χ4v) is 2.51. The largest absolute Gasteiger partial charge is 0.465 e. The third kappa shape index (κ3) is 4.70. The van der Waals surface area contributed by atoms with Crippen LogP contribution < -0.4 is 10.6 Å². The quantitative estimate of drug-likeness (QED) is 0.635. The van der Waals surface area contributed by atoms with Gasteiger partial charge < -0.3 is 15.4 Å². The second kappa shape index (κ2) is 8.77. The van der Waals surface area contributed by atoms with Gasteiger partial charge in [0.1, 0.15) is 0 Å². The average Bonchev–Trinajstić information content (AvgIpc) is 2.74. The molecule has 1 amide bonds. The molecule has 0 spiro atoms. The Morgan fingerprint density at radius 1 is 0.964 bits per heavy atom. The highest BCUT2D eigenvalue weighted by molar-refractivity contribution is 6.04. The molecule has 0 aliphatic carbocycles. The molecule has 3 aromatic rings. The predicted molar refractivity (Wildman–Crippen MR) is 107 cm³/mol. The second-order valence-electron chi connectivity index (χ2n) is 6.00. The van der Waals surface area contributed by atoms with E-state index in [-0.39, 0.29) is 5.91 Å². The number of esters is 1. The van der Waals surface area contributed by atoms with Crippen molar-refractivity contribution < 1.29 is 14.3 Å². The van der Waals surface area contributed by atoms with Crippen LogP contribution in [0.15, 0.2) is 60.9 Å². The predicted octanol–water partition coefficient (Wildman–Crippen LogP) is 3.82. The molecular formula is C21H20N4O3. The van der Waals surface area contributed by atoms with Crippen LogP contribution in [0.5, 0.6) is 0 Å². The number of rotatable bonds is 6. The van der Waals surface area contributed by atoms with Gasteiger partial charge in [0.15, 0.2) is 0 Å². The lowest BCUT2D eigenvalue weighted by molar-refractivity contribution is 0.0600. The fourth-order valence-electron chi connectivity index (χ4n) is 2.51. The van der Waals surface area contributed by atoms with Crippen LogP contribution >= 0.6 is 0 Å². The number of anilines is 3. The molecule has 1 heterocycles. The minimum Gasteiger partial charge on any atom is -0.465 e. The smallest absolute Gasteiger partial charge is 0.337 e. The molecule has 0 unspecified atom stereocenters. The summed E-state index contributed by atoms with van der Waals surface area (Å²) in [4.78, 5) is 32.3. The molecule has 7 heteroatoms. The van der Waals surface area contributed by atoms with E-state index in [4.69, 9.17) is 0 Å². The van der Waals surface area contributed by atoms with Gasteiger partial charge >= 0.3 is 5.97 Å². The van der Waals surface area contributed by atoms with E-state index in [0.717, 1.165) is 12.1 Å². The number of aryl methyl sites for hydroxylation is 1. The standard InChI is InChI=1S/C21H20N4O3/c1-3-14-7-9-17(10-8-14)25-21-22-12-16(13-23-21)19(26)24-18-6-4-5-15(11-18)20(27)28-2/h4-13H,3H2,1-2H3,(H,24,26)(H,22,23,25). The molecule has 2 N–H and O–H groups in total. The molecule has 0 bridgehead atoms. The van der Waals surface area contributed by atoms with Crippen LogP contribution in [-0.2, 0) is 11.2 Å². The molecule has 0 radical (unpaired) electrons. The van der Waals surface area contributed by atoms with Crippen LogP contribution in [0.3, 0.4) is 0 Å². The van der Waals surface area contributed by atoms with E-state index in [0.29, 0.717) is 22.8 Å². The van der Waals surface area contributed by atoms with E-state index < -0.39 is 5.97 Å². The summed E-state index contributed by atoms with van der Waals surface area (Å²) >= 11 is 0. The van der Waals surface area contributed by atoms with E-state index in [2.05, 4.69) is 32.3 Å². The number of aromatic nitrogens is 2. The van der Waals surface area contributed by atoms with Crippen molar-refractivity contribution >= 4 is 29.2 Å². The van der Waals surface area contributed by atoms with E-state index >= 15 is 0 Å². The van der Waals surface area contributed by atoms with Crippen molar-refractivity contribution in [2.75, 3.05) is 17.7 Å². The third-order valence-electron chi connectivity index (χ3n) is 4.07. The zero-order valence-corrected chi connectivity index (χ0v) is 15.6. The maximum Gasteiger partial charge on any atom is 0.337 e. The van der Waals surface area contributed by atoms with Gasteiger partial charge in [-0.25, -0.2) is 14.8 Å². The molecular weight excluding hydrogens is 356 g/mol. The lowest BCUT2D eigenvalue weighted by atomic mass is 10.1. The van der Waals surface area contributed by atoms with Crippen molar-refractivity contribution in [1.82, 2.24) is 9.97 Å². The Labute approximate surface area is 162 Å². The summed E-state index contributed by atoms with van der Waals surface area (Å²) in [6.45, 7) is 2.10. The van der Waals surface area contributed by atoms with Crippen molar-refractivity contribution in [2.45, 2.75) is 13.3 Å². The summed E-state index contributed by atoms with van der Waals surface area (Å²) in [5, 5.41) is 5.80. The minimum atomic E-state index is -0.471. The van der Waals surface area contributed by atoms with Crippen molar-refractivity contribution in [3.63, 3.8) is 0 Å². The first-order valence-corrected chi connectivity index (χ1v) is 8.76. The molecule has 0 saturated carbocycles. The Hall–Kier alpha value is -3.74. The number of carbonyl (C=O) groups excluding carboxylic acids is 2. The lowest BCUT2D eigenvalue weighted by Gasteiger charge is -2.08. The van der Waals surface area contributed by atoms with Gasteiger partial charge in [-0.2, -0.15) is 0 Å². The van der Waals surface area contributed by atoms with Gasteiger partial charge in [0.05, 0.1) is 18.2 Å². The second-order valence-corrected chi connectivity index (χ2v) is 6.00. The van der Waals surface area contributed by atoms with E-state index in [1.54, 1.807) is 24.3 Å².